The summed E-state index contributed by atoms with van der Waals surface area (Å²) in [6.45, 7) is 0.391. The predicted octanol–water partition coefficient (Wildman–Crippen LogP) is 4.02. The van der Waals surface area contributed by atoms with Gasteiger partial charge in [-0.25, -0.2) is 14.8 Å². The first kappa shape index (κ1) is 21.1. The van der Waals surface area contributed by atoms with Gasteiger partial charge in [0.25, 0.3) is 5.91 Å². The third-order valence-electron chi connectivity index (χ3n) is 4.84. The summed E-state index contributed by atoms with van der Waals surface area (Å²) in [7, 11) is 1.55. The van der Waals surface area contributed by atoms with Crippen molar-refractivity contribution in [2.75, 3.05) is 12.8 Å². The molecule has 3 aromatic rings. The second kappa shape index (κ2) is 8.52. The summed E-state index contributed by atoms with van der Waals surface area (Å²) in [6.07, 6.45) is 0. The number of nitrogens with two attached hydrogens (primary N) is 1. The molecule has 1 aromatic heterocycles. The molecule has 0 unspecified atom stereocenters. The molecule has 1 aliphatic rings. The number of anilines is 1. The highest BCUT2D eigenvalue weighted by atomic mass is 79.9. The third kappa shape index (κ3) is 4.19. The zero-order valence-electron chi connectivity index (χ0n) is 16.4. The second-order valence-electron chi connectivity index (χ2n) is 6.80. The average Bonchev–Trinajstić information content (AvgIpc) is 3.18. The average molecular weight is 503 g/mol. The van der Waals surface area contributed by atoms with Gasteiger partial charge in [-0.2, -0.15) is 0 Å². The van der Waals surface area contributed by atoms with E-state index in [9.17, 15) is 9.59 Å². The molecule has 0 spiro atoms. The van der Waals surface area contributed by atoms with Crippen molar-refractivity contribution in [3.05, 3.63) is 68.8 Å². The maximum atomic E-state index is 12.7. The SMILES string of the molecule is COc1cc(-c2nc(N)nc3c2CN(C(=O)NC(=O)c2ccccc2)C3)c(Cl)cc1Br. The maximum absolute atomic E-state index is 12.7. The van der Waals surface area contributed by atoms with Gasteiger partial charge < -0.3 is 15.4 Å². The number of imide groups is 1. The highest BCUT2D eigenvalue weighted by Gasteiger charge is 2.30. The summed E-state index contributed by atoms with van der Waals surface area (Å²) in [5.74, 6) is 0.161. The molecule has 0 saturated carbocycles. The van der Waals surface area contributed by atoms with Crippen LogP contribution in [0.2, 0.25) is 5.02 Å². The monoisotopic (exact) mass is 501 g/mol. The molecular formula is C21H17BrClN5O3. The van der Waals surface area contributed by atoms with Crippen LogP contribution in [0.3, 0.4) is 0 Å². The Kier molecular flexibility index (Phi) is 5.79. The molecule has 158 valence electrons. The number of carbonyl (C=O) groups is 2. The Morgan fingerprint density at radius 1 is 1.19 bits per heavy atom. The second-order valence-corrected chi connectivity index (χ2v) is 8.07. The van der Waals surface area contributed by atoms with Crippen molar-refractivity contribution in [1.29, 1.82) is 0 Å². The van der Waals surface area contributed by atoms with E-state index in [2.05, 4.69) is 31.2 Å². The largest absolute Gasteiger partial charge is 0.496 e. The van der Waals surface area contributed by atoms with Crippen LogP contribution in [0.15, 0.2) is 46.9 Å². The molecule has 0 aliphatic carbocycles. The fraction of sp³-hybridized carbons (Fsp3) is 0.143. The number of nitrogen functional groups attached to an aromatic ring is 1. The molecule has 10 heteroatoms. The van der Waals surface area contributed by atoms with E-state index in [4.69, 9.17) is 22.1 Å². The number of urea groups is 1. The molecule has 2 aromatic carbocycles. The minimum atomic E-state index is -0.532. The first-order chi connectivity index (χ1) is 14.9. The van der Waals surface area contributed by atoms with Crippen molar-refractivity contribution in [2.24, 2.45) is 0 Å². The Labute approximate surface area is 191 Å². The van der Waals surface area contributed by atoms with E-state index in [1.807, 2.05) is 0 Å². The van der Waals surface area contributed by atoms with Crippen LogP contribution in [-0.2, 0) is 13.1 Å². The Balaban J connectivity index is 1.63. The predicted molar refractivity (Wildman–Crippen MR) is 120 cm³/mol. The quantitative estimate of drug-likeness (QED) is 0.560. The fourth-order valence-corrected chi connectivity index (χ4v) is 4.24. The summed E-state index contributed by atoms with van der Waals surface area (Å²) in [4.78, 5) is 35.1. The van der Waals surface area contributed by atoms with E-state index >= 15 is 0 Å². The van der Waals surface area contributed by atoms with E-state index in [1.54, 1.807) is 49.6 Å². The summed E-state index contributed by atoms with van der Waals surface area (Å²) >= 11 is 9.86. The lowest BCUT2D eigenvalue weighted by atomic mass is 10.1. The summed E-state index contributed by atoms with van der Waals surface area (Å²) in [5, 5.41) is 2.84. The van der Waals surface area contributed by atoms with Crippen LogP contribution in [0.4, 0.5) is 10.7 Å². The Bertz CT molecular complexity index is 1190. The summed E-state index contributed by atoms with van der Waals surface area (Å²) in [5.41, 5.74) is 8.75. The lowest BCUT2D eigenvalue weighted by Crippen LogP contribution is -2.40. The van der Waals surface area contributed by atoms with Crippen LogP contribution in [0, 0.1) is 0 Å². The normalized spacial score (nSPS) is 12.4. The molecule has 0 radical (unpaired) electrons. The number of rotatable bonds is 3. The number of halogens is 2. The van der Waals surface area contributed by atoms with Gasteiger partial charge in [-0.05, 0) is 40.2 Å². The number of hydrogen-bond acceptors (Lipinski definition) is 6. The standard InChI is InChI=1S/C21H17BrClN5O3/c1-31-17-7-12(15(23)8-14(17)22)18-13-9-28(10-16(13)25-20(24)26-18)21(30)27-19(29)11-5-3-2-4-6-11/h2-8H,9-10H2,1H3,(H2,24,25,26)(H,27,29,30). The molecule has 1 aliphatic heterocycles. The van der Waals surface area contributed by atoms with Crippen molar-refractivity contribution >= 4 is 45.4 Å². The van der Waals surface area contributed by atoms with E-state index in [-0.39, 0.29) is 19.0 Å². The zero-order chi connectivity index (χ0) is 22.1. The van der Waals surface area contributed by atoms with Gasteiger partial charge in [0.2, 0.25) is 5.95 Å². The molecule has 31 heavy (non-hydrogen) atoms. The number of aromatic nitrogens is 2. The van der Waals surface area contributed by atoms with Crippen molar-refractivity contribution in [3.63, 3.8) is 0 Å². The van der Waals surface area contributed by atoms with Crippen molar-refractivity contribution in [1.82, 2.24) is 20.2 Å². The van der Waals surface area contributed by atoms with Gasteiger partial charge in [-0.15, -0.1) is 0 Å². The first-order valence-corrected chi connectivity index (χ1v) is 10.4. The number of nitrogens with one attached hydrogen (secondary N) is 1. The third-order valence-corrected chi connectivity index (χ3v) is 5.77. The molecule has 2 heterocycles. The van der Waals surface area contributed by atoms with E-state index in [1.165, 1.54) is 4.90 Å². The van der Waals surface area contributed by atoms with Gasteiger partial charge in [-0.1, -0.05) is 29.8 Å². The maximum Gasteiger partial charge on any atom is 0.324 e. The van der Waals surface area contributed by atoms with E-state index in [0.717, 1.165) is 0 Å². The topological polar surface area (TPSA) is 110 Å². The smallest absolute Gasteiger partial charge is 0.324 e. The number of benzene rings is 2. The number of methoxy groups -OCH3 is 1. The minimum Gasteiger partial charge on any atom is -0.496 e. The van der Waals surface area contributed by atoms with Gasteiger partial charge >= 0.3 is 6.03 Å². The molecule has 3 N–H and O–H groups in total. The first-order valence-electron chi connectivity index (χ1n) is 9.21. The van der Waals surface area contributed by atoms with E-state index < -0.39 is 11.9 Å². The Morgan fingerprint density at radius 3 is 2.65 bits per heavy atom. The van der Waals surface area contributed by atoms with Crippen molar-refractivity contribution in [2.45, 2.75) is 13.1 Å². The Morgan fingerprint density at radius 2 is 1.94 bits per heavy atom. The van der Waals surface area contributed by atoms with Gasteiger partial charge in [0.05, 0.1) is 41.1 Å². The van der Waals surface area contributed by atoms with Crippen LogP contribution in [0.25, 0.3) is 11.3 Å². The van der Waals surface area contributed by atoms with Crippen LogP contribution in [-0.4, -0.2) is 33.9 Å². The minimum absolute atomic E-state index is 0.0642. The number of fused-ring (bicyclic) bond motifs is 1. The number of hydrogen-bond donors (Lipinski definition) is 2. The Hall–Kier alpha value is -3.17. The van der Waals surface area contributed by atoms with Gasteiger partial charge in [0.1, 0.15) is 5.75 Å². The summed E-state index contributed by atoms with van der Waals surface area (Å²) in [6, 6.07) is 11.4. The van der Waals surface area contributed by atoms with Crippen molar-refractivity contribution in [3.8, 4) is 17.0 Å². The highest BCUT2D eigenvalue weighted by Crippen LogP contribution is 2.39. The number of carbonyl (C=O) groups excluding carboxylic acids is 2. The number of ether oxygens (including phenoxy) is 1. The van der Waals surface area contributed by atoms with Crippen LogP contribution < -0.4 is 15.8 Å². The molecule has 0 atom stereocenters. The van der Waals surface area contributed by atoms with E-state index in [0.29, 0.717) is 43.3 Å². The molecule has 3 amide bonds. The molecule has 0 saturated heterocycles. The fourth-order valence-electron chi connectivity index (χ4n) is 3.35. The number of amides is 3. The molecule has 0 fully saturated rings. The molecular weight excluding hydrogens is 486 g/mol. The molecule has 0 bridgehead atoms. The van der Waals surface area contributed by atoms with Crippen LogP contribution >= 0.6 is 27.5 Å². The van der Waals surface area contributed by atoms with Gasteiger partial charge in [0, 0.05) is 16.7 Å². The lowest BCUT2D eigenvalue weighted by molar-refractivity contribution is 0.0951. The van der Waals surface area contributed by atoms with Gasteiger partial charge in [0.15, 0.2) is 0 Å². The lowest BCUT2D eigenvalue weighted by Gasteiger charge is -2.16. The number of nitrogens with zero attached hydrogens (tertiary/aromatic N) is 3. The zero-order valence-corrected chi connectivity index (χ0v) is 18.7. The molecule has 4 rings (SSSR count). The highest BCUT2D eigenvalue weighted by molar-refractivity contribution is 9.10. The van der Waals surface area contributed by atoms with Crippen molar-refractivity contribution < 1.29 is 14.3 Å². The molecule has 8 nitrogen and oxygen atoms in total. The van der Waals surface area contributed by atoms with Crippen LogP contribution in [0.5, 0.6) is 5.75 Å². The van der Waals surface area contributed by atoms with Crippen LogP contribution in [0.1, 0.15) is 21.6 Å². The van der Waals surface area contributed by atoms with Gasteiger partial charge in [-0.3, -0.25) is 10.1 Å². The summed E-state index contributed by atoms with van der Waals surface area (Å²) < 4.78 is 6.06.